The molecule has 0 aliphatic carbocycles. The van der Waals surface area contributed by atoms with Crippen LogP contribution < -0.4 is 4.74 Å². The highest BCUT2D eigenvalue weighted by Crippen LogP contribution is 2.19. The Morgan fingerprint density at radius 3 is 2.62 bits per heavy atom. The van der Waals surface area contributed by atoms with Gasteiger partial charge in [0.15, 0.2) is 6.61 Å². The van der Waals surface area contributed by atoms with E-state index in [0.29, 0.717) is 32.2 Å². The fourth-order valence-corrected chi connectivity index (χ4v) is 3.20. The number of carbonyl (C=O) groups excluding carboxylic acids is 1. The molecule has 0 bridgehead atoms. The maximum atomic E-state index is 12.0. The third-order valence-corrected chi connectivity index (χ3v) is 4.68. The molecule has 6 nitrogen and oxygen atoms in total. The zero-order valence-corrected chi connectivity index (χ0v) is 14.0. The number of carbonyl (C=O) groups is 1. The summed E-state index contributed by atoms with van der Waals surface area (Å²) in [7, 11) is 0. The highest BCUT2D eigenvalue weighted by molar-refractivity contribution is 5.77. The second kappa shape index (κ2) is 8.46. The Hall–Kier alpha value is -1.63. The fourth-order valence-electron chi connectivity index (χ4n) is 3.20. The van der Waals surface area contributed by atoms with Crippen molar-refractivity contribution in [3.63, 3.8) is 0 Å². The normalized spacial score (nSPS) is 21.9. The number of likely N-dealkylation sites (tertiary alicyclic amines) is 1. The highest BCUT2D eigenvalue weighted by Gasteiger charge is 2.21. The van der Waals surface area contributed by atoms with Crippen LogP contribution in [0.5, 0.6) is 5.75 Å². The number of amides is 1. The maximum Gasteiger partial charge on any atom is 0.260 e. The van der Waals surface area contributed by atoms with Crippen molar-refractivity contribution in [2.75, 3.05) is 52.6 Å². The number of benzene rings is 1. The zero-order chi connectivity index (χ0) is 16.8. The summed E-state index contributed by atoms with van der Waals surface area (Å²) >= 11 is 0. The Labute approximate surface area is 143 Å². The van der Waals surface area contributed by atoms with Crippen LogP contribution in [-0.2, 0) is 16.1 Å². The topological polar surface area (TPSA) is 62.2 Å². The minimum atomic E-state index is 0.00879. The smallest absolute Gasteiger partial charge is 0.260 e. The molecule has 2 saturated heterocycles. The molecule has 2 aliphatic heterocycles. The SMILES string of the molecule is O=C(COc1ccc(CN2CCC(CO)C2)cc1)N1CCOCC1. The lowest BCUT2D eigenvalue weighted by molar-refractivity contribution is -0.137. The number of hydrogen-bond donors (Lipinski definition) is 1. The molecule has 2 aliphatic rings. The Morgan fingerprint density at radius 1 is 1.21 bits per heavy atom. The molecular formula is C18H26N2O4. The summed E-state index contributed by atoms with van der Waals surface area (Å²) in [6, 6.07) is 7.92. The molecule has 6 heteroatoms. The van der Waals surface area contributed by atoms with Gasteiger partial charge in [0.2, 0.25) is 0 Å². The molecule has 132 valence electrons. The first kappa shape index (κ1) is 17.2. The fraction of sp³-hybridized carbons (Fsp3) is 0.611. The lowest BCUT2D eigenvalue weighted by Gasteiger charge is -2.26. The van der Waals surface area contributed by atoms with E-state index in [1.54, 1.807) is 4.90 Å². The van der Waals surface area contributed by atoms with E-state index in [2.05, 4.69) is 4.90 Å². The summed E-state index contributed by atoms with van der Waals surface area (Å²) < 4.78 is 10.8. The van der Waals surface area contributed by atoms with Crippen LogP contribution in [-0.4, -0.2) is 73.4 Å². The molecular weight excluding hydrogens is 308 g/mol. The molecule has 0 saturated carbocycles. The van der Waals surface area contributed by atoms with Crippen molar-refractivity contribution in [1.82, 2.24) is 9.80 Å². The van der Waals surface area contributed by atoms with E-state index in [0.717, 1.165) is 31.8 Å². The van der Waals surface area contributed by atoms with Crippen LogP contribution in [0.15, 0.2) is 24.3 Å². The molecule has 1 atom stereocenters. The summed E-state index contributed by atoms with van der Waals surface area (Å²) in [5.74, 6) is 1.14. The summed E-state index contributed by atoms with van der Waals surface area (Å²) in [6.45, 7) is 5.74. The molecule has 0 aromatic heterocycles. The van der Waals surface area contributed by atoms with E-state index in [4.69, 9.17) is 9.47 Å². The largest absolute Gasteiger partial charge is 0.484 e. The third-order valence-electron chi connectivity index (χ3n) is 4.68. The Balaban J connectivity index is 1.43. The molecule has 3 rings (SSSR count). The second-order valence-electron chi connectivity index (χ2n) is 6.50. The number of aliphatic hydroxyl groups excluding tert-OH is 1. The van der Waals surface area contributed by atoms with Crippen molar-refractivity contribution in [3.05, 3.63) is 29.8 Å². The first-order chi connectivity index (χ1) is 11.7. The van der Waals surface area contributed by atoms with Gasteiger partial charge < -0.3 is 19.5 Å². The maximum absolute atomic E-state index is 12.0. The minimum Gasteiger partial charge on any atom is -0.484 e. The van der Waals surface area contributed by atoms with Gasteiger partial charge in [-0.25, -0.2) is 0 Å². The van der Waals surface area contributed by atoms with Crippen LogP contribution in [0, 0.1) is 5.92 Å². The quantitative estimate of drug-likeness (QED) is 0.831. The van der Waals surface area contributed by atoms with Crippen LogP contribution in [0.2, 0.25) is 0 Å². The molecule has 1 unspecified atom stereocenters. The van der Waals surface area contributed by atoms with Crippen LogP contribution in [0.25, 0.3) is 0 Å². The van der Waals surface area contributed by atoms with E-state index < -0.39 is 0 Å². The molecule has 1 aromatic carbocycles. The first-order valence-electron chi connectivity index (χ1n) is 8.65. The first-order valence-corrected chi connectivity index (χ1v) is 8.65. The van der Waals surface area contributed by atoms with E-state index >= 15 is 0 Å². The molecule has 0 radical (unpaired) electrons. The summed E-state index contributed by atoms with van der Waals surface area (Å²) in [4.78, 5) is 16.2. The van der Waals surface area contributed by atoms with E-state index in [1.807, 2.05) is 24.3 Å². The van der Waals surface area contributed by atoms with Crippen molar-refractivity contribution in [2.24, 2.45) is 5.92 Å². The zero-order valence-electron chi connectivity index (χ0n) is 14.0. The average molecular weight is 334 g/mol. The second-order valence-corrected chi connectivity index (χ2v) is 6.50. The van der Waals surface area contributed by atoms with Gasteiger partial charge in [-0.05, 0) is 36.6 Å². The van der Waals surface area contributed by atoms with Gasteiger partial charge in [-0.1, -0.05) is 12.1 Å². The number of ether oxygens (including phenoxy) is 2. The van der Waals surface area contributed by atoms with Crippen molar-refractivity contribution in [1.29, 1.82) is 0 Å². The molecule has 1 aromatic rings. The number of nitrogens with zero attached hydrogens (tertiary/aromatic N) is 2. The Bertz CT molecular complexity index is 528. The minimum absolute atomic E-state index is 0.00879. The van der Waals surface area contributed by atoms with Crippen molar-refractivity contribution < 1.29 is 19.4 Å². The van der Waals surface area contributed by atoms with Crippen molar-refractivity contribution >= 4 is 5.91 Å². The van der Waals surface area contributed by atoms with Gasteiger partial charge in [-0.15, -0.1) is 0 Å². The lowest BCUT2D eigenvalue weighted by Crippen LogP contribution is -2.42. The molecule has 1 amide bonds. The van der Waals surface area contributed by atoms with Crippen LogP contribution in [0.3, 0.4) is 0 Å². The molecule has 2 heterocycles. The van der Waals surface area contributed by atoms with Crippen molar-refractivity contribution in [2.45, 2.75) is 13.0 Å². The predicted molar refractivity (Wildman–Crippen MR) is 89.8 cm³/mol. The number of aliphatic hydroxyl groups is 1. The lowest BCUT2D eigenvalue weighted by atomic mass is 10.1. The van der Waals surface area contributed by atoms with Gasteiger partial charge in [-0.3, -0.25) is 9.69 Å². The third kappa shape index (κ3) is 4.69. The monoisotopic (exact) mass is 334 g/mol. The van der Waals surface area contributed by atoms with Gasteiger partial charge in [-0.2, -0.15) is 0 Å². The molecule has 2 fully saturated rings. The summed E-state index contributed by atoms with van der Waals surface area (Å²) in [5, 5.41) is 9.20. The van der Waals surface area contributed by atoms with E-state index in [1.165, 1.54) is 5.56 Å². The van der Waals surface area contributed by atoms with Crippen molar-refractivity contribution in [3.8, 4) is 5.75 Å². The van der Waals surface area contributed by atoms with Gasteiger partial charge in [0, 0.05) is 32.8 Å². The van der Waals surface area contributed by atoms with E-state index in [-0.39, 0.29) is 19.1 Å². The Morgan fingerprint density at radius 2 is 1.96 bits per heavy atom. The number of hydrogen-bond acceptors (Lipinski definition) is 5. The van der Waals surface area contributed by atoms with Crippen LogP contribution in [0.1, 0.15) is 12.0 Å². The summed E-state index contributed by atoms with van der Waals surface area (Å²) in [5.41, 5.74) is 1.22. The number of morpholine rings is 1. The van der Waals surface area contributed by atoms with E-state index in [9.17, 15) is 9.90 Å². The van der Waals surface area contributed by atoms with Gasteiger partial charge in [0.1, 0.15) is 5.75 Å². The average Bonchev–Trinajstić information content (AvgIpc) is 3.09. The highest BCUT2D eigenvalue weighted by atomic mass is 16.5. The molecule has 0 spiro atoms. The predicted octanol–water partition coefficient (Wildman–Crippen LogP) is 0.738. The molecule has 24 heavy (non-hydrogen) atoms. The van der Waals surface area contributed by atoms with Gasteiger partial charge >= 0.3 is 0 Å². The van der Waals surface area contributed by atoms with Gasteiger partial charge in [0.05, 0.1) is 13.2 Å². The Kier molecular flexibility index (Phi) is 6.07. The summed E-state index contributed by atoms with van der Waals surface area (Å²) in [6.07, 6.45) is 1.07. The standard InChI is InChI=1S/C18H26N2O4/c21-13-16-5-6-19(12-16)11-15-1-3-17(4-2-15)24-14-18(22)20-7-9-23-10-8-20/h1-4,16,21H,5-14H2. The van der Waals surface area contributed by atoms with Crippen LogP contribution >= 0.6 is 0 Å². The molecule has 1 N–H and O–H groups in total. The number of rotatable bonds is 6. The van der Waals surface area contributed by atoms with Gasteiger partial charge in [0.25, 0.3) is 5.91 Å². The van der Waals surface area contributed by atoms with Crippen LogP contribution in [0.4, 0.5) is 0 Å².